The van der Waals surface area contributed by atoms with Gasteiger partial charge in [0.2, 0.25) is 0 Å². The van der Waals surface area contributed by atoms with Crippen LogP contribution in [0.1, 0.15) is 42.3 Å². The summed E-state index contributed by atoms with van der Waals surface area (Å²) < 4.78 is 99.4. The molecule has 0 fully saturated rings. The molecule has 0 aliphatic rings. The standard InChI is InChI=1S/C21H17ClF7NO3/c1-8(2)19(30-13-5-4-10(6-12(13)22)21(27,28)29)20(32)33-7-11-15(23)17(25)14(9(3)31)18(26)16(11)24/h4-6,8,19,30H,7H2,1-3H3. The first-order valence-electron chi connectivity index (χ1n) is 9.32. The van der Waals surface area contributed by atoms with Crippen LogP contribution in [0.25, 0.3) is 0 Å². The Morgan fingerprint density at radius 3 is 2.00 bits per heavy atom. The second-order valence-corrected chi connectivity index (χ2v) is 7.74. The fourth-order valence-electron chi connectivity index (χ4n) is 2.82. The van der Waals surface area contributed by atoms with Crippen LogP contribution in [0.3, 0.4) is 0 Å². The zero-order valence-electron chi connectivity index (χ0n) is 17.3. The van der Waals surface area contributed by atoms with Crippen LogP contribution >= 0.6 is 11.6 Å². The molecule has 12 heteroatoms. The van der Waals surface area contributed by atoms with Crippen molar-refractivity contribution in [2.24, 2.45) is 5.92 Å². The summed E-state index contributed by atoms with van der Waals surface area (Å²) in [4.78, 5) is 23.7. The minimum absolute atomic E-state index is 0.0550. The van der Waals surface area contributed by atoms with Gasteiger partial charge in [0.15, 0.2) is 29.1 Å². The lowest BCUT2D eigenvalue weighted by Gasteiger charge is -2.23. The Balaban J connectivity index is 2.25. The van der Waals surface area contributed by atoms with Crippen molar-refractivity contribution < 1.29 is 45.1 Å². The van der Waals surface area contributed by atoms with Crippen LogP contribution in [0, 0.1) is 29.2 Å². The van der Waals surface area contributed by atoms with E-state index in [1.54, 1.807) is 0 Å². The molecule has 1 unspecified atom stereocenters. The highest BCUT2D eigenvalue weighted by molar-refractivity contribution is 6.33. The number of ether oxygens (including phenoxy) is 1. The van der Waals surface area contributed by atoms with E-state index in [1.165, 1.54) is 13.8 Å². The molecular formula is C21H17ClF7NO3. The molecule has 0 radical (unpaired) electrons. The highest BCUT2D eigenvalue weighted by Gasteiger charge is 2.32. The second kappa shape index (κ2) is 9.98. The number of esters is 1. The van der Waals surface area contributed by atoms with Gasteiger partial charge in [-0.1, -0.05) is 25.4 Å². The average Bonchev–Trinajstić information content (AvgIpc) is 2.70. The van der Waals surface area contributed by atoms with E-state index in [1.807, 2.05) is 0 Å². The van der Waals surface area contributed by atoms with Gasteiger partial charge >= 0.3 is 12.1 Å². The van der Waals surface area contributed by atoms with Gasteiger partial charge in [-0.05, 0) is 31.0 Å². The maximum absolute atomic E-state index is 14.2. The van der Waals surface area contributed by atoms with E-state index in [-0.39, 0.29) is 10.7 Å². The molecule has 0 aliphatic heterocycles. The number of carbonyl (C=O) groups excluding carboxylic acids is 2. The number of Topliss-reactive ketones (excluding diaryl/α,β-unsaturated/α-hetero) is 1. The van der Waals surface area contributed by atoms with Gasteiger partial charge in [-0.15, -0.1) is 0 Å². The Morgan fingerprint density at radius 2 is 1.58 bits per heavy atom. The van der Waals surface area contributed by atoms with Crippen LogP contribution in [-0.2, 0) is 22.3 Å². The van der Waals surface area contributed by atoms with Gasteiger partial charge in [-0.2, -0.15) is 13.2 Å². The third-order valence-corrected chi connectivity index (χ3v) is 4.91. The Bertz CT molecular complexity index is 1060. The van der Waals surface area contributed by atoms with E-state index >= 15 is 0 Å². The van der Waals surface area contributed by atoms with Crippen LogP contribution in [0.4, 0.5) is 36.4 Å². The number of ketones is 1. The number of anilines is 1. The number of halogens is 8. The third kappa shape index (κ3) is 5.76. The third-order valence-electron chi connectivity index (χ3n) is 4.59. The van der Waals surface area contributed by atoms with Crippen LogP contribution in [0.2, 0.25) is 5.02 Å². The van der Waals surface area contributed by atoms with E-state index in [9.17, 15) is 40.3 Å². The van der Waals surface area contributed by atoms with Crippen molar-refractivity contribution in [2.45, 2.75) is 39.6 Å². The van der Waals surface area contributed by atoms with E-state index in [0.29, 0.717) is 13.0 Å². The number of nitrogens with one attached hydrogen (secondary N) is 1. The summed E-state index contributed by atoms with van der Waals surface area (Å²) in [5.41, 5.74) is -3.73. The maximum atomic E-state index is 14.2. The largest absolute Gasteiger partial charge is 0.459 e. The van der Waals surface area contributed by atoms with Gasteiger partial charge in [-0.3, -0.25) is 4.79 Å². The second-order valence-electron chi connectivity index (χ2n) is 7.33. The Hall–Kier alpha value is -2.82. The number of rotatable bonds is 7. The summed E-state index contributed by atoms with van der Waals surface area (Å²) in [6.07, 6.45) is -4.64. The topological polar surface area (TPSA) is 55.4 Å². The predicted molar refractivity (Wildman–Crippen MR) is 105 cm³/mol. The Morgan fingerprint density at radius 1 is 1.03 bits per heavy atom. The Labute approximate surface area is 188 Å². The van der Waals surface area contributed by atoms with Crippen LogP contribution < -0.4 is 5.32 Å². The molecule has 0 aromatic heterocycles. The minimum atomic E-state index is -4.64. The van der Waals surface area contributed by atoms with Crippen molar-refractivity contribution in [3.8, 4) is 0 Å². The molecule has 0 saturated heterocycles. The molecule has 0 bridgehead atoms. The zero-order chi connectivity index (χ0) is 25.2. The maximum Gasteiger partial charge on any atom is 0.416 e. The smallest absolute Gasteiger partial charge is 0.416 e. The first-order valence-corrected chi connectivity index (χ1v) is 9.70. The molecule has 2 aromatic rings. The lowest BCUT2D eigenvalue weighted by molar-refractivity contribution is -0.147. The van der Waals surface area contributed by atoms with Gasteiger partial charge in [-0.25, -0.2) is 22.4 Å². The molecule has 2 rings (SSSR count). The quantitative estimate of drug-likeness (QED) is 0.210. The zero-order valence-corrected chi connectivity index (χ0v) is 18.1. The molecular weight excluding hydrogens is 483 g/mol. The van der Waals surface area contributed by atoms with Crippen molar-refractivity contribution in [3.05, 3.63) is 63.2 Å². The molecule has 0 heterocycles. The highest BCUT2D eigenvalue weighted by Crippen LogP contribution is 2.34. The van der Waals surface area contributed by atoms with Gasteiger partial charge in [0.05, 0.1) is 27.4 Å². The lowest BCUT2D eigenvalue weighted by Crippen LogP contribution is -2.36. The summed E-state index contributed by atoms with van der Waals surface area (Å²) in [5, 5.41) is 2.23. The summed E-state index contributed by atoms with van der Waals surface area (Å²) in [6, 6.07) is 1.10. The molecule has 1 atom stereocenters. The van der Waals surface area contributed by atoms with Crippen molar-refractivity contribution in [1.82, 2.24) is 0 Å². The van der Waals surface area contributed by atoms with Crippen LogP contribution in [0.5, 0.6) is 0 Å². The molecule has 4 nitrogen and oxygen atoms in total. The van der Waals surface area contributed by atoms with E-state index in [2.05, 4.69) is 5.32 Å². The number of alkyl halides is 3. The number of carbonyl (C=O) groups is 2. The summed E-state index contributed by atoms with van der Waals surface area (Å²) in [7, 11) is 0. The molecule has 180 valence electrons. The first kappa shape index (κ1) is 26.4. The highest BCUT2D eigenvalue weighted by atomic mass is 35.5. The number of hydrogen-bond acceptors (Lipinski definition) is 4. The summed E-state index contributed by atoms with van der Waals surface area (Å²) in [6.45, 7) is 2.55. The molecule has 0 amide bonds. The van der Waals surface area contributed by atoms with Gasteiger partial charge in [0.1, 0.15) is 12.6 Å². The fraction of sp³-hybridized carbons (Fsp3) is 0.333. The normalized spacial score (nSPS) is 12.6. The van der Waals surface area contributed by atoms with E-state index < -0.39 is 76.5 Å². The van der Waals surface area contributed by atoms with Gasteiger partial charge < -0.3 is 10.1 Å². The first-order chi connectivity index (χ1) is 15.2. The van der Waals surface area contributed by atoms with Crippen molar-refractivity contribution in [3.63, 3.8) is 0 Å². The Kier molecular flexibility index (Phi) is 8.00. The van der Waals surface area contributed by atoms with Crippen LogP contribution in [-0.4, -0.2) is 17.8 Å². The predicted octanol–water partition coefficient (Wildman–Crippen LogP) is 6.30. The summed E-state index contributed by atoms with van der Waals surface area (Å²) in [5.74, 6) is -10.6. The minimum Gasteiger partial charge on any atom is -0.459 e. The van der Waals surface area contributed by atoms with Crippen molar-refractivity contribution >= 4 is 29.0 Å². The van der Waals surface area contributed by atoms with Gasteiger partial charge in [0.25, 0.3) is 0 Å². The lowest BCUT2D eigenvalue weighted by atomic mass is 10.0. The average molecular weight is 500 g/mol. The SMILES string of the molecule is CC(=O)c1c(F)c(F)c(COC(=O)C(Nc2ccc(C(F)(F)F)cc2Cl)C(C)C)c(F)c1F. The monoisotopic (exact) mass is 499 g/mol. The molecule has 1 N–H and O–H groups in total. The molecule has 33 heavy (non-hydrogen) atoms. The summed E-state index contributed by atoms with van der Waals surface area (Å²) >= 11 is 5.85. The molecule has 0 saturated carbocycles. The van der Waals surface area contributed by atoms with E-state index in [0.717, 1.165) is 12.1 Å². The van der Waals surface area contributed by atoms with Crippen molar-refractivity contribution in [2.75, 3.05) is 5.32 Å². The number of hydrogen-bond donors (Lipinski definition) is 1. The fourth-order valence-corrected chi connectivity index (χ4v) is 3.05. The van der Waals surface area contributed by atoms with Gasteiger partial charge in [0, 0.05) is 0 Å². The van der Waals surface area contributed by atoms with Crippen LogP contribution in [0.15, 0.2) is 18.2 Å². The van der Waals surface area contributed by atoms with Crippen molar-refractivity contribution in [1.29, 1.82) is 0 Å². The molecule has 0 aliphatic carbocycles. The molecule has 2 aromatic carbocycles. The number of benzene rings is 2. The molecule has 0 spiro atoms. The van der Waals surface area contributed by atoms with E-state index in [4.69, 9.17) is 16.3 Å².